The van der Waals surface area contributed by atoms with Crippen molar-refractivity contribution in [3.63, 3.8) is 0 Å². The molecule has 0 fully saturated rings. The highest BCUT2D eigenvalue weighted by Crippen LogP contribution is 2.27. The Kier molecular flexibility index (Phi) is 4.96. The van der Waals surface area contributed by atoms with Crippen LogP contribution in [0.25, 0.3) is 0 Å². The van der Waals surface area contributed by atoms with Gasteiger partial charge in [0.15, 0.2) is 0 Å². The molecule has 0 bridgehead atoms. The second kappa shape index (κ2) is 6.91. The Balaban J connectivity index is 2.19. The summed E-state index contributed by atoms with van der Waals surface area (Å²) in [6, 6.07) is 14.7. The average molecular weight is 286 g/mol. The molecule has 20 heavy (non-hydrogen) atoms. The molecule has 2 rings (SSSR count). The highest BCUT2D eigenvalue weighted by molar-refractivity contribution is 7.98. The van der Waals surface area contributed by atoms with Crippen molar-refractivity contribution in [2.24, 2.45) is 0 Å². The molecule has 3 nitrogen and oxygen atoms in total. The van der Waals surface area contributed by atoms with E-state index in [0.29, 0.717) is 16.9 Å². The van der Waals surface area contributed by atoms with Crippen LogP contribution in [0.5, 0.6) is 0 Å². The van der Waals surface area contributed by atoms with Gasteiger partial charge >= 0.3 is 5.97 Å². The number of carbonyl (C=O) groups excluding carboxylic acids is 2. The Hall–Kier alpha value is -2.07. The Morgan fingerprint density at radius 3 is 2.60 bits per heavy atom. The number of benzene rings is 2. The number of hydrogen-bond donors (Lipinski definition) is 0. The summed E-state index contributed by atoms with van der Waals surface area (Å²) >= 11 is 1.51. The topological polar surface area (TPSA) is 43.4 Å². The minimum Gasteiger partial charge on any atom is -0.465 e. The van der Waals surface area contributed by atoms with Gasteiger partial charge in [-0.2, -0.15) is 0 Å². The van der Waals surface area contributed by atoms with Crippen molar-refractivity contribution in [1.29, 1.82) is 0 Å². The van der Waals surface area contributed by atoms with Gasteiger partial charge in [0, 0.05) is 16.2 Å². The van der Waals surface area contributed by atoms with E-state index in [1.165, 1.54) is 18.9 Å². The normalized spacial score (nSPS) is 10.1. The second-order valence-electron chi connectivity index (χ2n) is 4.09. The summed E-state index contributed by atoms with van der Waals surface area (Å²) in [5.41, 5.74) is 2.17. The van der Waals surface area contributed by atoms with Gasteiger partial charge in [0.1, 0.15) is 6.29 Å². The van der Waals surface area contributed by atoms with Crippen LogP contribution >= 0.6 is 11.8 Å². The standard InChI is InChI=1S/C16H14O3S/c1-19-16(18)14-8-4-5-9-15(14)20-11-13-7-3-2-6-12(13)10-17/h2-10H,11H2,1H3. The van der Waals surface area contributed by atoms with Crippen LogP contribution in [-0.2, 0) is 10.5 Å². The van der Waals surface area contributed by atoms with Crippen molar-refractivity contribution in [1.82, 2.24) is 0 Å². The largest absolute Gasteiger partial charge is 0.465 e. The van der Waals surface area contributed by atoms with Crippen molar-refractivity contribution < 1.29 is 14.3 Å². The van der Waals surface area contributed by atoms with Crippen LogP contribution in [0.4, 0.5) is 0 Å². The Labute approximate surface area is 122 Å². The molecule has 0 N–H and O–H groups in total. The Morgan fingerprint density at radius 1 is 1.15 bits per heavy atom. The van der Waals surface area contributed by atoms with Crippen LogP contribution in [0.3, 0.4) is 0 Å². The van der Waals surface area contributed by atoms with Crippen LogP contribution in [0.1, 0.15) is 26.3 Å². The molecule has 2 aromatic carbocycles. The Morgan fingerprint density at radius 2 is 1.85 bits per heavy atom. The number of esters is 1. The maximum atomic E-state index is 11.7. The molecule has 0 heterocycles. The summed E-state index contributed by atoms with van der Waals surface area (Å²) in [4.78, 5) is 23.5. The monoisotopic (exact) mass is 286 g/mol. The van der Waals surface area contributed by atoms with Gasteiger partial charge in [-0.3, -0.25) is 4.79 Å². The van der Waals surface area contributed by atoms with E-state index in [0.717, 1.165) is 16.7 Å². The molecule has 0 saturated carbocycles. The molecule has 0 aromatic heterocycles. The molecule has 0 aliphatic rings. The van der Waals surface area contributed by atoms with Crippen LogP contribution in [0, 0.1) is 0 Å². The quantitative estimate of drug-likeness (QED) is 0.479. The van der Waals surface area contributed by atoms with Gasteiger partial charge in [0.2, 0.25) is 0 Å². The number of hydrogen-bond acceptors (Lipinski definition) is 4. The zero-order valence-electron chi connectivity index (χ0n) is 11.0. The minimum atomic E-state index is -0.350. The van der Waals surface area contributed by atoms with Crippen LogP contribution < -0.4 is 0 Å². The fraction of sp³-hybridized carbons (Fsp3) is 0.125. The predicted molar refractivity (Wildman–Crippen MR) is 79.2 cm³/mol. The van der Waals surface area contributed by atoms with E-state index in [1.807, 2.05) is 30.3 Å². The molecule has 0 saturated heterocycles. The molecule has 0 aliphatic carbocycles. The van der Waals surface area contributed by atoms with E-state index in [-0.39, 0.29) is 5.97 Å². The third-order valence-electron chi connectivity index (χ3n) is 2.86. The van der Waals surface area contributed by atoms with E-state index in [4.69, 9.17) is 4.74 Å². The first kappa shape index (κ1) is 14.3. The highest BCUT2D eigenvalue weighted by atomic mass is 32.2. The molecular formula is C16H14O3S. The second-order valence-corrected chi connectivity index (χ2v) is 5.11. The molecule has 0 radical (unpaired) electrons. The molecule has 4 heteroatoms. The fourth-order valence-corrected chi connectivity index (χ4v) is 2.86. The van der Waals surface area contributed by atoms with E-state index in [9.17, 15) is 9.59 Å². The zero-order chi connectivity index (χ0) is 14.4. The summed E-state index contributed by atoms with van der Waals surface area (Å²) in [6.45, 7) is 0. The van der Waals surface area contributed by atoms with E-state index in [2.05, 4.69) is 0 Å². The molecule has 0 atom stereocenters. The smallest absolute Gasteiger partial charge is 0.338 e. The summed E-state index contributed by atoms with van der Waals surface area (Å²) in [5.74, 6) is 0.278. The first-order valence-corrected chi connectivity index (χ1v) is 7.08. The zero-order valence-corrected chi connectivity index (χ0v) is 11.9. The van der Waals surface area contributed by atoms with Crippen LogP contribution in [0.15, 0.2) is 53.4 Å². The molecule has 0 amide bonds. The van der Waals surface area contributed by atoms with E-state index >= 15 is 0 Å². The van der Waals surface area contributed by atoms with E-state index in [1.54, 1.807) is 18.2 Å². The SMILES string of the molecule is COC(=O)c1ccccc1SCc1ccccc1C=O. The maximum Gasteiger partial charge on any atom is 0.338 e. The lowest BCUT2D eigenvalue weighted by atomic mass is 10.1. The lowest BCUT2D eigenvalue weighted by Crippen LogP contribution is -2.02. The van der Waals surface area contributed by atoms with Gasteiger partial charge in [-0.25, -0.2) is 4.79 Å². The summed E-state index contributed by atoms with van der Waals surface area (Å²) in [7, 11) is 1.37. The Bertz CT molecular complexity index is 623. The van der Waals surface area contributed by atoms with E-state index < -0.39 is 0 Å². The number of ether oxygens (including phenoxy) is 1. The lowest BCUT2D eigenvalue weighted by molar-refractivity contribution is 0.0596. The summed E-state index contributed by atoms with van der Waals surface area (Å²) in [6.07, 6.45) is 0.849. The number of rotatable bonds is 5. The summed E-state index contributed by atoms with van der Waals surface area (Å²) < 4.78 is 4.77. The van der Waals surface area contributed by atoms with Crippen molar-refractivity contribution in [3.05, 3.63) is 65.2 Å². The molecule has 102 valence electrons. The maximum absolute atomic E-state index is 11.7. The summed E-state index contributed by atoms with van der Waals surface area (Å²) in [5, 5.41) is 0. The molecular weight excluding hydrogens is 272 g/mol. The molecule has 2 aromatic rings. The van der Waals surface area contributed by atoms with Crippen LogP contribution in [0.2, 0.25) is 0 Å². The van der Waals surface area contributed by atoms with Crippen molar-refractivity contribution in [2.45, 2.75) is 10.6 Å². The van der Waals surface area contributed by atoms with Crippen molar-refractivity contribution >= 4 is 24.0 Å². The van der Waals surface area contributed by atoms with Gasteiger partial charge in [0.25, 0.3) is 0 Å². The third-order valence-corrected chi connectivity index (χ3v) is 3.98. The number of thioether (sulfide) groups is 1. The predicted octanol–water partition coefficient (Wildman–Crippen LogP) is 3.58. The van der Waals surface area contributed by atoms with Gasteiger partial charge in [-0.1, -0.05) is 36.4 Å². The number of aldehydes is 1. The molecule has 0 spiro atoms. The fourth-order valence-electron chi connectivity index (χ4n) is 1.81. The highest BCUT2D eigenvalue weighted by Gasteiger charge is 2.11. The van der Waals surface area contributed by atoms with Gasteiger partial charge in [-0.05, 0) is 17.7 Å². The van der Waals surface area contributed by atoms with Gasteiger partial charge in [-0.15, -0.1) is 11.8 Å². The van der Waals surface area contributed by atoms with Crippen molar-refractivity contribution in [3.8, 4) is 0 Å². The molecule has 0 unspecified atom stereocenters. The van der Waals surface area contributed by atoms with Gasteiger partial charge < -0.3 is 4.74 Å². The third kappa shape index (κ3) is 3.27. The van der Waals surface area contributed by atoms with Crippen LogP contribution in [-0.4, -0.2) is 19.4 Å². The first-order chi connectivity index (χ1) is 9.76. The minimum absolute atomic E-state index is 0.350. The lowest BCUT2D eigenvalue weighted by Gasteiger charge is -2.08. The van der Waals surface area contributed by atoms with Gasteiger partial charge in [0.05, 0.1) is 12.7 Å². The first-order valence-electron chi connectivity index (χ1n) is 6.09. The average Bonchev–Trinajstić information content (AvgIpc) is 2.52. The number of methoxy groups -OCH3 is 1. The number of carbonyl (C=O) groups is 2. The molecule has 0 aliphatic heterocycles. The van der Waals surface area contributed by atoms with Crippen molar-refractivity contribution in [2.75, 3.05) is 7.11 Å².